The molecule has 94 valence electrons. The predicted molar refractivity (Wildman–Crippen MR) is 70.7 cm³/mol. The molecule has 0 aliphatic rings. The van der Waals surface area contributed by atoms with E-state index < -0.39 is 0 Å². The van der Waals surface area contributed by atoms with Crippen molar-refractivity contribution in [1.29, 1.82) is 0 Å². The van der Waals surface area contributed by atoms with Gasteiger partial charge < -0.3 is 15.0 Å². The molecule has 1 N–H and O–H groups in total. The van der Waals surface area contributed by atoms with E-state index in [1.54, 1.807) is 30.9 Å². The summed E-state index contributed by atoms with van der Waals surface area (Å²) >= 11 is 0. The van der Waals surface area contributed by atoms with Gasteiger partial charge in [0, 0.05) is 29.2 Å². The van der Waals surface area contributed by atoms with E-state index in [-0.39, 0.29) is 5.56 Å². The Labute approximate surface area is 109 Å². The second-order valence-corrected chi connectivity index (χ2v) is 4.12. The molecule has 3 aromatic rings. The van der Waals surface area contributed by atoms with Gasteiger partial charge in [-0.1, -0.05) is 24.3 Å². The van der Waals surface area contributed by atoms with Gasteiger partial charge >= 0.3 is 0 Å². The Balaban J connectivity index is 1.92. The van der Waals surface area contributed by atoms with Crippen LogP contribution in [0.5, 0.6) is 0 Å². The molecule has 3 rings (SSSR count). The Morgan fingerprint density at radius 1 is 1.21 bits per heavy atom. The van der Waals surface area contributed by atoms with Crippen molar-refractivity contribution in [3.05, 3.63) is 70.8 Å². The lowest BCUT2D eigenvalue weighted by molar-refractivity contribution is 0.986. The molecule has 0 spiro atoms. The second kappa shape index (κ2) is 4.89. The lowest BCUT2D eigenvalue weighted by Gasteiger charge is -2.05. The average molecular weight is 251 g/mol. The number of nitrogens with one attached hydrogen (secondary N) is 1. The van der Waals surface area contributed by atoms with Crippen LogP contribution in [-0.4, -0.2) is 15.0 Å². The van der Waals surface area contributed by atoms with E-state index in [0.29, 0.717) is 17.8 Å². The quantitative estimate of drug-likeness (QED) is 0.763. The van der Waals surface area contributed by atoms with Crippen molar-refractivity contribution in [3.63, 3.8) is 0 Å². The molecule has 0 amide bonds. The highest BCUT2D eigenvalue weighted by atomic mass is 16.1. The first kappa shape index (κ1) is 11.4. The van der Waals surface area contributed by atoms with Gasteiger partial charge in [0.2, 0.25) is 0 Å². The van der Waals surface area contributed by atoms with Crippen LogP contribution in [0.15, 0.2) is 53.8 Å². The van der Waals surface area contributed by atoms with Crippen LogP contribution >= 0.6 is 0 Å². The van der Waals surface area contributed by atoms with Gasteiger partial charge in [-0.3, -0.25) is 9.78 Å². The topological polar surface area (TPSA) is 72.7 Å². The molecular weight excluding hydrogens is 240 g/mol. The number of aromatic nitrogens is 4. The molecule has 0 saturated carbocycles. The maximum atomic E-state index is 12.0. The van der Waals surface area contributed by atoms with Crippen molar-refractivity contribution in [2.75, 3.05) is 0 Å². The Morgan fingerprint density at radius 2 is 2.16 bits per heavy atom. The number of imidazole rings is 1. The molecule has 5 nitrogen and oxygen atoms in total. The molecule has 0 unspecified atom stereocenters. The Kier molecular flexibility index (Phi) is 2.94. The minimum atomic E-state index is -0.119. The van der Waals surface area contributed by atoms with Crippen LogP contribution in [0.25, 0.3) is 11.3 Å². The van der Waals surface area contributed by atoms with Crippen LogP contribution in [0, 0.1) is 0 Å². The van der Waals surface area contributed by atoms with Crippen molar-refractivity contribution in [2.45, 2.75) is 6.42 Å². The summed E-state index contributed by atoms with van der Waals surface area (Å²) < 4.78 is 0. The standard InChI is InChI=1S/C14H12N4O/c19-14-10(8-13-16-6-7-17-13)3-4-12(18-14)11-2-1-5-15-9-11/h1-7,9H,8H2,(H2,16,17,18,19)/p-1. The van der Waals surface area contributed by atoms with Crippen LogP contribution in [-0.2, 0) is 6.42 Å². The molecule has 0 saturated heterocycles. The van der Waals surface area contributed by atoms with Gasteiger partial charge in [-0.25, -0.2) is 0 Å². The number of rotatable bonds is 3. The largest absolute Gasteiger partial charge is 0.446 e. The summed E-state index contributed by atoms with van der Waals surface area (Å²) in [6, 6.07) is 7.41. The summed E-state index contributed by atoms with van der Waals surface area (Å²) in [5, 5.41) is 0. The molecule has 5 heteroatoms. The first-order valence-corrected chi connectivity index (χ1v) is 5.88. The second-order valence-electron chi connectivity index (χ2n) is 4.12. The van der Waals surface area contributed by atoms with Gasteiger partial charge in [0.05, 0.1) is 0 Å². The summed E-state index contributed by atoms with van der Waals surface area (Å²) in [6.45, 7) is 0. The monoisotopic (exact) mass is 251 g/mol. The molecule has 3 heterocycles. The lowest BCUT2D eigenvalue weighted by atomic mass is 10.1. The fraction of sp³-hybridized carbons (Fsp3) is 0.0714. The number of nitrogens with zero attached hydrogens (tertiary/aromatic N) is 3. The van der Waals surface area contributed by atoms with Crippen molar-refractivity contribution < 1.29 is 0 Å². The molecule has 0 aliphatic heterocycles. The minimum Gasteiger partial charge on any atom is -0.446 e. The third-order valence-electron chi connectivity index (χ3n) is 2.83. The molecule has 19 heavy (non-hydrogen) atoms. The van der Waals surface area contributed by atoms with Gasteiger partial charge in [0.1, 0.15) is 0 Å². The summed E-state index contributed by atoms with van der Waals surface area (Å²) in [6.07, 6.45) is 7.09. The third kappa shape index (κ3) is 2.44. The zero-order valence-electron chi connectivity index (χ0n) is 10.1. The summed E-state index contributed by atoms with van der Waals surface area (Å²) in [5.41, 5.74) is 2.17. The number of H-pyrrole nitrogens is 1. The molecular formula is C14H11N4O-. The Morgan fingerprint density at radius 3 is 2.84 bits per heavy atom. The van der Waals surface area contributed by atoms with E-state index in [0.717, 1.165) is 11.3 Å². The Bertz CT molecular complexity index is 717. The number of hydrogen-bond acceptors (Lipinski definition) is 3. The van der Waals surface area contributed by atoms with Crippen LogP contribution in [0.2, 0.25) is 0 Å². The summed E-state index contributed by atoms with van der Waals surface area (Å²) in [7, 11) is 0. The molecule has 0 atom stereocenters. The first-order valence-electron chi connectivity index (χ1n) is 5.88. The van der Waals surface area contributed by atoms with Gasteiger partial charge in [-0.05, 0) is 24.6 Å². The third-order valence-corrected chi connectivity index (χ3v) is 2.83. The van der Waals surface area contributed by atoms with E-state index in [1.807, 2.05) is 18.2 Å². The molecule has 0 bridgehead atoms. The lowest BCUT2D eigenvalue weighted by Crippen LogP contribution is -2.14. The van der Waals surface area contributed by atoms with E-state index >= 15 is 0 Å². The van der Waals surface area contributed by atoms with E-state index in [4.69, 9.17) is 0 Å². The highest BCUT2D eigenvalue weighted by Gasteiger charge is 2.03. The van der Waals surface area contributed by atoms with Gasteiger partial charge in [0.15, 0.2) is 0 Å². The summed E-state index contributed by atoms with van der Waals surface area (Å²) in [5.74, 6) is 0.652. The molecule has 0 aromatic carbocycles. The highest BCUT2D eigenvalue weighted by Crippen LogP contribution is 2.13. The van der Waals surface area contributed by atoms with E-state index in [2.05, 4.69) is 19.9 Å². The number of pyridine rings is 2. The average Bonchev–Trinajstić information content (AvgIpc) is 2.95. The van der Waals surface area contributed by atoms with Crippen LogP contribution in [0.1, 0.15) is 11.4 Å². The van der Waals surface area contributed by atoms with Gasteiger partial charge in [-0.2, -0.15) is 0 Å². The van der Waals surface area contributed by atoms with Crippen molar-refractivity contribution in [3.8, 4) is 11.3 Å². The first-order chi connectivity index (χ1) is 9.33. The molecule has 0 fully saturated rings. The van der Waals surface area contributed by atoms with Crippen LogP contribution < -0.4 is 10.5 Å². The zero-order chi connectivity index (χ0) is 13.1. The van der Waals surface area contributed by atoms with Gasteiger partial charge in [-0.15, -0.1) is 0 Å². The van der Waals surface area contributed by atoms with Crippen molar-refractivity contribution in [2.24, 2.45) is 0 Å². The van der Waals surface area contributed by atoms with E-state index in [9.17, 15) is 4.79 Å². The minimum absolute atomic E-state index is 0.119. The predicted octanol–water partition coefficient (Wildman–Crippen LogP) is 1.38. The molecule has 3 aromatic heterocycles. The maximum Gasteiger partial charge on any atom is 0.251 e. The fourth-order valence-electron chi connectivity index (χ4n) is 1.87. The van der Waals surface area contributed by atoms with Crippen molar-refractivity contribution >= 4 is 0 Å². The normalized spacial score (nSPS) is 10.5. The number of hydrogen-bond donors (Lipinski definition) is 1. The number of aromatic amines is 1. The highest BCUT2D eigenvalue weighted by molar-refractivity contribution is 5.57. The fourth-order valence-corrected chi connectivity index (χ4v) is 1.87. The van der Waals surface area contributed by atoms with Crippen molar-refractivity contribution in [1.82, 2.24) is 19.9 Å². The van der Waals surface area contributed by atoms with Crippen LogP contribution in [0.4, 0.5) is 0 Å². The molecule has 0 radical (unpaired) electrons. The van der Waals surface area contributed by atoms with E-state index in [1.165, 1.54) is 0 Å². The smallest absolute Gasteiger partial charge is 0.251 e. The van der Waals surface area contributed by atoms with Gasteiger partial charge in [0.25, 0.3) is 5.56 Å². The molecule has 0 aliphatic carbocycles. The van der Waals surface area contributed by atoms with Crippen LogP contribution in [0.3, 0.4) is 0 Å². The summed E-state index contributed by atoms with van der Waals surface area (Å²) in [4.78, 5) is 27.0. The zero-order valence-corrected chi connectivity index (χ0v) is 10.1. The Hall–Kier alpha value is -2.69. The SMILES string of the molecule is O=c1[nH]c(-c2cccnc2)ccc1Cc1ncc[n-]1. The maximum absolute atomic E-state index is 12.0.